The molecule has 7 nitrogen and oxygen atoms in total. The smallest absolute Gasteiger partial charge is 0.374 e. The first kappa shape index (κ1) is 20.4. The lowest BCUT2D eigenvalue weighted by molar-refractivity contribution is 0.0491. The number of nitrogens with zero attached hydrogens (tertiary/aromatic N) is 2. The monoisotopic (exact) mass is 428 g/mol. The van der Waals surface area contributed by atoms with Crippen molar-refractivity contribution in [3.63, 3.8) is 0 Å². The maximum absolute atomic E-state index is 12.5. The van der Waals surface area contributed by atoms with E-state index in [-0.39, 0.29) is 17.3 Å². The van der Waals surface area contributed by atoms with Crippen LogP contribution in [0.5, 0.6) is 0 Å². The highest BCUT2D eigenvalue weighted by Crippen LogP contribution is 2.35. The second kappa shape index (κ2) is 7.77. The van der Waals surface area contributed by atoms with E-state index < -0.39 is 16.0 Å². The third-order valence-electron chi connectivity index (χ3n) is 5.33. The molecule has 0 spiro atoms. The van der Waals surface area contributed by atoms with Gasteiger partial charge in [-0.15, -0.1) is 0 Å². The van der Waals surface area contributed by atoms with Crippen LogP contribution in [0.1, 0.15) is 28.6 Å². The van der Waals surface area contributed by atoms with Gasteiger partial charge < -0.3 is 14.1 Å². The van der Waals surface area contributed by atoms with Gasteiger partial charge in [0.05, 0.1) is 11.5 Å². The molecular formula is C22H24N2O5S. The Hall–Kier alpha value is -2.84. The highest BCUT2D eigenvalue weighted by atomic mass is 32.2. The average molecular weight is 429 g/mol. The van der Waals surface area contributed by atoms with Crippen molar-refractivity contribution in [3.05, 3.63) is 59.4 Å². The van der Waals surface area contributed by atoms with Crippen molar-refractivity contribution in [1.82, 2.24) is 4.31 Å². The summed E-state index contributed by atoms with van der Waals surface area (Å²) in [6.07, 6.45) is 0.733. The van der Waals surface area contributed by atoms with Crippen molar-refractivity contribution in [2.45, 2.75) is 24.8 Å². The Kier molecular flexibility index (Phi) is 5.29. The van der Waals surface area contributed by atoms with E-state index in [1.807, 2.05) is 30.3 Å². The van der Waals surface area contributed by atoms with Gasteiger partial charge in [-0.05, 0) is 43.2 Å². The quantitative estimate of drug-likeness (QED) is 0.560. The van der Waals surface area contributed by atoms with Crippen LogP contribution in [-0.2, 0) is 27.7 Å². The van der Waals surface area contributed by atoms with Crippen LogP contribution in [0.4, 0.5) is 5.69 Å². The Morgan fingerprint density at radius 1 is 1.20 bits per heavy atom. The predicted octanol–water partition coefficient (Wildman–Crippen LogP) is 3.42. The minimum atomic E-state index is -3.48. The van der Waals surface area contributed by atoms with E-state index in [1.165, 1.54) is 18.4 Å². The zero-order valence-corrected chi connectivity index (χ0v) is 18.0. The molecule has 0 amide bonds. The van der Waals surface area contributed by atoms with E-state index in [1.54, 1.807) is 19.1 Å². The number of para-hydroxylation sites is 1. The summed E-state index contributed by atoms with van der Waals surface area (Å²) in [7, 11) is -0.433. The number of rotatable bonds is 6. The molecule has 0 bridgehead atoms. The Balaban J connectivity index is 1.70. The van der Waals surface area contributed by atoms with Crippen LogP contribution in [0.15, 0.2) is 51.8 Å². The molecule has 3 aromatic rings. The Bertz CT molecular complexity index is 1210. The lowest BCUT2D eigenvalue weighted by Gasteiger charge is -2.20. The van der Waals surface area contributed by atoms with Gasteiger partial charge in [0.2, 0.25) is 15.8 Å². The highest BCUT2D eigenvalue weighted by Gasteiger charge is 2.28. The van der Waals surface area contributed by atoms with Crippen LogP contribution < -0.4 is 4.90 Å². The summed E-state index contributed by atoms with van der Waals surface area (Å²) in [6, 6.07) is 12.7. The Morgan fingerprint density at radius 3 is 2.70 bits per heavy atom. The largest absolute Gasteiger partial charge is 0.460 e. The van der Waals surface area contributed by atoms with E-state index in [4.69, 9.17) is 9.15 Å². The molecule has 0 radical (unpaired) electrons. The van der Waals surface area contributed by atoms with E-state index in [0.29, 0.717) is 12.1 Å². The average Bonchev–Trinajstić information content (AvgIpc) is 3.30. The lowest BCUT2D eigenvalue weighted by Crippen LogP contribution is -2.22. The number of anilines is 1. The first-order valence-electron chi connectivity index (χ1n) is 9.81. The third-order valence-corrected chi connectivity index (χ3v) is 7.14. The molecule has 30 heavy (non-hydrogen) atoms. The van der Waals surface area contributed by atoms with Crippen molar-refractivity contribution in [1.29, 1.82) is 0 Å². The van der Waals surface area contributed by atoms with Crippen LogP contribution in [0.2, 0.25) is 0 Å². The van der Waals surface area contributed by atoms with Gasteiger partial charge in [0.1, 0.15) is 5.58 Å². The van der Waals surface area contributed by atoms with Gasteiger partial charge in [-0.1, -0.05) is 18.2 Å². The molecule has 0 fully saturated rings. The Morgan fingerprint density at radius 2 is 1.97 bits per heavy atom. The predicted molar refractivity (Wildman–Crippen MR) is 114 cm³/mol. The molecule has 158 valence electrons. The molecule has 1 aliphatic heterocycles. The van der Waals surface area contributed by atoms with Crippen molar-refractivity contribution in [2.75, 3.05) is 32.1 Å². The van der Waals surface area contributed by atoms with Gasteiger partial charge in [-0.25, -0.2) is 17.5 Å². The number of hydrogen-bond acceptors (Lipinski definition) is 6. The number of esters is 1. The number of sulfonamides is 1. The fourth-order valence-corrected chi connectivity index (χ4v) is 4.74. The maximum Gasteiger partial charge on any atom is 0.374 e. The first-order chi connectivity index (χ1) is 14.3. The van der Waals surface area contributed by atoms with Crippen LogP contribution in [0.25, 0.3) is 11.0 Å². The van der Waals surface area contributed by atoms with Gasteiger partial charge in [0.15, 0.2) is 0 Å². The zero-order valence-electron chi connectivity index (χ0n) is 17.2. The summed E-state index contributed by atoms with van der Waals surface area (Å²) in [5.74, 6) is -0.256. The number of benzene rings is 2. The summed E-state index contributed by atoms with van der Waals surface area (Å²) < 4.78 is 37.1. The third kappa shape index (κ3) is 3.46. The fraction of sp³-hybridized carbons (Fsp3) is 0.318. The van der Waals surface area contributed by atoms with E-state index in [9.17, 15) is 13.2 Å². The highest BCUT2D eigenvalue weighted by molar-refractivity contribution is 7.89. The van der Waals surface area contributed by atoms with Crippen LogP contribution in [-0.4, -0.2) is 45.9 Å². The summed E-state index contributed by atoms with van der Waals surface area (Å²) in [5, 5.41) is 0.876. The molecular weight excluding hydrogens is 404 g/mol. The van der Waals surface area contributed by atoms with Gasteiger partial charge in [0, 0.05) is 43.8 Å². The molecule has 0 unspecified atom stereocenters. The van der Waals surface area contributed by atoms with E-state index in [0.717, 1.165) is 35.2 Å². The first-order valence-corrected chi connectivity index (χ1v) is 11.2. The molecule has 2 aromatic carbocycles. The summed E-state index contributed by atoms with van der Waals surface area (Å²) >= 11 is 0. The topological polar surface area (TPSA) is 80.1 Å². The number of carbonyl (C=O) groups excluding carboxylic acids is 1. The van der Waals surface area contributed by atoms with Gasteiger partial charge in [0.25, 0.3) is 0 Å². The van der Waals surface area contributed by atoms with Crippen LogP contribution in [0, 0.1) is 0 Å². The van der Waals surface area contributed by atoms with Crippen molar-refractivity contribution in [3.8, 4) is 0 Å². The standard InChI is InChI=1S/C22H24N2O5S/c1-4-28-22(25)21-18(17-7-5-6-8-20(17)29-21)14-24-12-11-15-13-16(9-10-19(15)24)30(26,27)23(2)3/h5-10,13H,4,11-12,14H2,1-3H3. The molecule has 1 aromatic heterocycles. The van der Waals surface area contributed by atoms with Gasteiger partial charge in [-0.3, -0.25) is 0 Å². The minimum absolute atomic E-state index is 0.221. The molecule has 0 saturated carbocycles. The second-order valence-electron chi connectivity index (χ2n) is 7.38. The molecule has 0 atom stereocenters. The number of furan rings is 1. The molecule has 1 aliphatic rings. The normalized spacial score (nSPS) is 13.8. The molecule has 0 N–H and O–H groups in total. The molecule has 4 rings (SSSR count). The number of fused-ring (bicyclic) bond motifs is 2. The van der Waals surface area contributed by atoms with E-state index in [2.05, 4.69) is 4.90 Å². The van der Waals surface area contributed by atoms with Crippen molar-refractivity contribution in [2.24, 2.45) is 0 Å². The maximum atomic E-state index is 12.5. The fourth-order valence-electron chi connectivity index (χ4n) is 3.79. The van der Waals surface area contributed by atoms with Crippen LogP contribution in [0.3, 0.4) is 0 Å². The lowest BCUT2D eigenvalue weighted by atomic mass is 10.1. The van der Waals surface area contributed by atoms with Gasteiger partial charge >= 0.3 is 5.97 Å². The summed E-state index contributed by atoms with van der Waals surface area (Å²) in [5.41, 5.74) is 3.36. The van der Waals surface area contributed by atoms with Crippen LogP contribution >= 0.6 is 0 Å². The molecule has 8 heteroatoms. The summed E-state index contributed by atoms with van der Waals surface area (Å²) in [4.78, 5) is 14.9. The second-order valence-corrected chi connectivity index (χ2v) is 9.53. The zero-order chi connectivity index (χ0) is 21.5. The van der Waals surface area contributed by atoms with Crippen molar-refractivity contribution >= 4 is 32.6 Å². The number of hydrogen-bond donors (Lipinski definition) is 0. The minimum Gasteiger partial charge on any atom is -0.460 e. The number of carbonyl (C=O) groups is 1. The van der Waals surface area contributed by atoms with Crippen molar-refractivity contribution < 1.29 is 22.4 Å². The Labute approximate surface area is 175 Å². The van der Waals surface area contributed by atoms with E-state index >= 15 is 0 Å². The SMILES string of the molecule is CCOC(=O)c1oc2ccccc2c1CN1CCc2cc(S(=O)(=O)N(C)C)ccc21. The summed E-state index contributed by atoms with van der Waals surface area (Å²) in [6.45, 7) is 3.22. The molecule has 2 heterocycles. The molecule has 0 aliphatic carbocycles. The van der Waals surface area contributed by atoms with Gasteiger partial charge in [-0.2, -0.15) is 0 Å². The number of ether oxygens (including phenoxy) is 1. The molecule has 0 saturated heterocycles.